The highest BCUT2D eigenvalue weighted by Gasteiger charge is 2.35. The zero-order valence-electron chi connectivity index (χ0n) is 20.0. The average Bonchev–Trinajstić information content (AvgIpc) is 3.25. The summed E-state index contributed by atoms with van der Waals surface area (Å²) >= 11 is 0. The van der Waals surface area contributed by atoms with Crippen LogP contribution in [0.25, 0.3) is 10.9 Å². The second kappa shape index (κ2) is 9.35. The number of ketones is 1. The van der Waals surface area contributed by atoms with E-state index in [1.807, 2.05) is 58.0 Å². The van der Waals surface area contributed by atoms with Crippen molar-refractivity contribution in [1.29, 1.82) is 0 Å². The fraction of sp³-hybridized carbons (Fsp3) is 0.385. The van der Waals surface area contributed by atoms with Gasteiger partial charge in [0.2, 0.25) is 15.8 Å². The lowest BCUT2D eigenvalue weighted by atomic mass is 9.98. The van der Waals surface area contributed by atoms with Crippen molar-refractivity contribution in [3.8, 4) is 0 Å². The number of hydrogen-bond donors (Lipinski definition) is 1. The molecule has 0 spiro atoms. The molecule has 0 bridgehead atoms. The Kier molecular flexibility index (Phi) is 6.64. The smallest absolute Gasteiger partial charge is 0.309 e. The van der Waals surface area contributed by atoms with Gasteiger partial charge in [-0.1, -0.05) is 24.3 Å². The standard InChI is InChI=1S/C26H30N2O5S/c1-16-13-17(2)19(4)25(18(16)3)34(31,32)28-11-9-20(10-12-28)26(30)33-15-24(29)22-14-27-23-8-6-5-7-21(22)23/h5-8,13-14,20,27H,9-12,15H2,1-4H3. The number of para-hydroxylation sites is 1. The van der Waals surface area contributed by atoms with E-state index in [4.69, 9.17) is 4.74 Å². The third-order valence-corrected chi connectivity index (χ3v) is 9.09. The van der Waals surface area contributed by atoms with E-state index >= 15 is 0 Å². The molecule has 2 aromatic carbocycles. The Hall–Kier alpha value is -2.97. The zero-order valence-corrected chi connectivity index (χ0v) is 20.8. The Labute approximate surface area is 200 Å². The molecule has 0 radical (unpaired) electrons. The van der Waals surface area contributed by atoms with Crippen molar-refractivity contribution in [3.63, 3.8) is 0 Å². The quantitative estimate of drug-likeness (QED) is 0.419. The highest BCUT2D eigenvalue weighted by molar-refractivity contribution is 7.89. The van der Waals surface area contributed by atoms with Crippen molar-refractivity contribution in [1.82, 2.24) is 9.29 Å². The number of aromatic amines is 1. The number of esters is 1. The molecule has 1 aliphatic rings. The molecule has 0 unspecified atom stereocenters. The van der Waals surface area contributed by atoms with Crippen LogP contribution in [0.5, 0.6) is 0 Å². The highest BCUT2D eigenvalue weighted by atomic mass is 32.2. The third kappa shape index (κ3) is 4.40. The van der Waals surface area contributed by atoms with Crippen molar-refractivity contribution in [3.05, 3.63) is 64.3 Å². The molecule has 0 atom stereocenters. The van der Waals surface area contributed by atoms with Crippen LogP contribution in [-0.2, 0) is 19.6 Å². The molecule has 1 aromatic heterocycles. The number of aromatic nitrogens is 1. The van der Waals surface area contributed by atoms with E-state index in [9.17, 15) is 18.0 Å². The van der Waals surface area contributed by atoms with Crippen LogP contribution in [0.3, 0.4) is 0 Å². The molecule has 4 rings (SSSR count). The van der Waals surface area contributed by atoms with Gasteiger partial charge in [-0.3, -0.25) is 9.59 Å². The van der Waals surface area contributed by atoms with Crippen LogP contribution in [0.1, 0.15) is 45.5 Å². The zero-order chi connectivity index (χ0) is 24.6. The number of fused-ring (bicyclic) bond motifs is 1. The van der Waals surface area contributed by atoms with Gasteiger partial charge in [-0.15, -0.1) is 0 Å². The lowest BCUT2D eigenvalue weighted by Crippen LogP contribution is -2.41. The number of sulfonamides is 1. The van der Waals surface area contributed by atoms with Crippen molar-refractivity contribution in [2.45, 2.75) is 45.4 Å². The number of H-pyrrole nitrogens is 1. The van der Waals surface area contributed by atoms with Crippen molar-refractivity contribution >= 4 is 32.7 Å². The summed E-state index contributed by atoms with van der Waals surface area (Å²) in [6.45, 7) is 7.66. The maximum absolute atomic E-state index is 13.4. The Balaban J connectivity index is 1.38. The molecule has 2 heterocycles. The number of carbonyl (C=O) groups excluding carboxylic acids is 2. The van der Waals surface area contributed by atoms with E-state index in [2.05, 4.69) is 4.98 Å². The van der Waals surface area contributed by atoms with Gasteiger partial charge in [-0.05, 0) is 68.9 Å². The Morgan fingerprint density at radius 2 is 1.65 bits per heavy atom. The first-order valence-corrected chi connectivity index (χ1v) is 12.9. The van der Waals surface area contributed by atoms with Crippen molar-refractivity contribution in [2.24, 2.45) is 5.92 Å². The molecule has 180 valence electrons. The van der Waals surface area contributed by atoms with Gasteiger partial charge in [0.05, 0.1) is 10.8 Å². The van der Waals surface area contributed by atoms with Gasteiger partial charge in [-0.2, -0.15) is 4.31 Å². The summed E-state index contributed by atoms with van der Waals surface area (Å²) in [4.78, 5) is 28.6. The Bertz CT molecular complexity index is 1340. The van der Waals surface area contributed by atoms with Crippen molar-refractivity contribution in [2.75, 3.05) is 19.7 Å². The fourth-order valence-electron chi connectivity index (χ4n) is 4.66. The van der Waals surface area contributed by atoms with Crippen LogP contribution < -0.4 is 0 Å². The van der Waals surface area contributed by atoms with E-state index in [0.717, 1.165) is 33.2 Å². The average molecular weight is 483 g/mol. The number of nitrogens with one attached hydrogen (secondary N) is 1. The van der Waals surface area contributed by atoms with E-state index in [1.165, 1.54) is 4.31 Å². The minimum absolute atomic E-state index is 0.240. The first kappa shape index (κ1) is 24.2. The number of piperidine rings is 1. The summed E-state index contributed by atoms with van der Waals surface area (Å²) in [5, 5.41) is 0.791. The summed E-state index contributed by atoms with van der Waals surface area (Å²) in [7, 11) is -3.67. The van der Waals surface area contributed by atoms with Gasteiger partial charge in [0.15, 0.2) is 6.61 Å². The predicted molar refractivity (Wildman–Crippen MR) is 130 cm³/mol. The summed E-state index contributed by atoms with van der Waals surface area (Å²) < 4.78 is 33.6. The highest BCUT2D eigenvalue weighted by Crippen LogP contribution is 2.31. The fourth-order valence-corrected chi connectivity index (χ4v) is 6.71. The lowest BCUT2D eigenvalue weighted by Gasteiger charge is -2.31. The van der Waals surface area contributed by atoms with E-state index in [-0.39, 0.29) is 25.5 Å². The number of carbonyl (C=O) groups is 2. The second-order valence-corrected chi connectivity index (χ2v) is 10.9. The number of hydrogen-bond acceptors (Lipinski definition) is 5. The molecule has 3 aromatic rings. The monoisotopic (exact) mass is 482 g/mol. The molecule has 34 heavy (non-hydrogen) atoms. The number of ether oxygens (including phenoxy) is 1. The number of nitrogens with zero attached hydrogens (tertiary/aromatic N) is 1. The van der Waals surface area contributed by atoms with Gasteiger partial charge >= 0.3 is 5.97 Å². The summed E-state index contributed by atoms with van der Waals surface area (Å²) in [6.07, 6.45) is 2.35. The second-order valence-electron chi connectivity index (χ2n) is 9.05. The molecule has 8 heteroatoms. The van der Waals surface area contributed by atoms with Crippen LogP contribution in [-0.4, -0.2) is 49.2 Å². The summed E-state index contributed by atoms with van der Waals surface area (Å²) in [5.41, 5.74) is 4.75. The molecular weight excluding hydrogens is 452 g/mol. The minimum atomic E-state index is -3.67. The summed E-state index contributed by atoms with van der Waals surface area (Å²) in [5.74, 6) is -1.15. The predicted octanol–water partition coefficient (Wildman–Crippen LogP) is 4.23. The molecule has 0 saturated carbocycles. The third-order valence-electron chi connectivity index (χ3n) is 6.92. The maximum Gasteiger partial charge on any atom is 0.309 e. The molecule has 1 saturated heterocycles. The minimum Gasteiger partial charge on any atom is -0.457 e. The Morgan fingerprint density at radius 1 is 1.03 bits per heavy atom. The van der Waals surface area contributed by atoms with E-state index < -0.39 is 21.9 Å². The van der Waals surface area contributed by atoms with Gasteiger partial charge < -0.3 is 9.72 Å². The SMILES string of the molecule is Cc1cc(C)c(C)c(S(=O)(=O)N2CCC(C(=O)OCC(=O)c3c[nH]c4ccccc34)CC2)c1C. The van der Waals surface area contributed by atoms with Gasteiger partial charge in [0.25, 0.3) is 0 Å². The van der Waals surface area contributed by atoms with Crippen LogP contribution >= 0.6 is 0 Å². The lowest BCUT2D eigenvalue weighted by molar-refractivity contribution is -0.148. The largest absolute Gasteiger partial charge is 0.457 e. The molecule has 1 N–H and O–H groups in total. The number of rotatable bonds is 6. The molecule has 1 aliphatic heterocycles. The van der Waals surface area contributed by atoms with Crippen LogP contribution in [0.2, 0.25) is 0 Å². The van der Waals surface area contributed by atoms with E-state index in [1.54, 1.807) is 6.20 Å². The van der Waals surface area contributed by atoms with Crippen LogP contribution in [0.15, 0.2) is 41.4 Å². The maximum atomic E-state index is 13.4. The van der Waals surface area contributed by atoms with Gasteiger partial charge in [0.1, 0.15) is 0 Å². The van der Waals surface area contributed by atoms with Gasteiger partial charge in [0, 0.05) is 35.8 Å². The molecule has 0 amide bonds. The van der Waals surface area contributed by atoms with E-state index in [0.29, 0.717) is 23.3 Å². The number of aryl methyl sites for hydroxylation is 2. The molecule has 1 fully saturated rings. The molecule has 0 aliphatic carbocycles. The summed E-state index contributed by atoms with van der Waals surface area (Å²) in [6, 6.07) is 9.45. The number of Topliss-reactive ketones (excluding diaryl/α,β-unsaturated/α-hetero) is 1. The first-order chi connectivity index (χ1) is 16.1. The Morgan fingerprint density at radius 3 is 2.29 bits per heavy atom. The molecular formula is C26H30N2O5S. The normalized spacial score (nSPS) is 15.5. The van der Waals surface area contributed by atoms with Crippen LogP contribution in [0.4, 0.5) is 0 Å². The van der Waals surface area contributed by atoms with Crippen LogP contribution in [0, 0.1) is 33.6 Å². The molecule has 7 nitrogen and oxygen atoms in total. The van der Waals surface area contributed by atoms with Crippen molar-refractivity contribution < 1.29 is 22.7 Å². The number of benzene rings is 2. The topological polar surface area (TPSA) is 96.5 Å². The van der Waals surface area contributed by atoms with Gasteiger partial charge in [-0.25, -0.2) is 8.42 Å². The first-order valence-electron chi connectivity index (χ1n) is 11.4.